The van der Waals surface area contributed by atoms with E-state index in [1.165, 1.54) is 57.4 Å². The lowest BCUT2D eigenvalue weighted by atomic mass is 10.1. The fourth-order valence-corrected chi connectivity index (χ4v) is 129. The molecule has 0 spiro atoms. The zero-order chi connectivity index (χ0) is 112. The molecule has 0 fully saturated rings. The third-order valence-corrected chi connectivity index (χ3v) is 103. The fourth-order valence-electron chi connectivity index (χ4n) is 17.7. The fraction of sp³-hybridized carbons (Fsp3) is 0.965. The number of hydrogen-bond acceptors (Lipinski definition) is 36. The van der Waals surface area contributed by atoms with E-state index in [4.69, 9.17) is 148 Å². The minimum Gasteiger partial charge on any atom is -0.460 e. The van der Waals surface area contributed by atoms with Gasteiger partial charge in [-0.25, -0.2) is 4.79 Å². The van der Waals surface area contributed by atoms with Crippen LogP contribution in [-0.4, -0.2) is 374 Å². The van der Waals surface area contributed by atoms with Crippen molar-refractivity contribution >= 4 is 204 Å². The van der Waals surface area contributed by atoms with Gasteiger partial charge in [-0.2, -0.15) is 0 Å². The minimum atomic E-state index is -2.88. The van der Waals surface area contributed by atoms with Gasteiger partial charge in [0.2, 0.25) is 0 Å². The number of carbonyl (C=O) groups is 1. The average molecular weight is 2460 g/mol. The maximum atomic E-state index is 11.2. The number of ether oxygens (including phenoxy) is 13. The lowest BCUT2D eigenvalue weighted by Gasteiger charge is -2.45. The molecule has 0 aliphatic carbocycles. The molecular weight excluding hydrogens is 2240 g/mol. The molecule has 0 aliphatic rings. The second-order valence-corrected chi connectivity index (χ2v) is 128. The van der Waals surface area contributed by atoms with Gasteiger partial charge >= 0.3 is 186 Å². The Labute approximate surface area is 903 Å². The molecule has 864 valence electrons. The van der Waals surface area contributed by atoms with Crippen molar-refractivity contribution in [3.05, 3.63) is 12.2 Å². The summed E-state index contributed by atoms with van der Waals surface area (Å²) in [5.41, 5.74) is 0.371. The van der Waals surface area contributed by atoms with E-state index >= 15 is 0 Å². The quantitative estimate of drug-likeness (QED) is 0.0256. The van der Waals surface area contributed by atoms with Gasteiger partial charge in [0, 0.05) is 21.0 Å². The molecule has 0 rings (SSSR count). The van der Waals surface area contributed by atoms with E-state index in [9.17, 15) is 9.59 Å². The molecule has 0 atom stereocenters. The van der Waals surface area contributed by atoms with Gasteiger partial charge in [0.25, 0.3) is 0 Å². The van der Waals surface area contributed by atoms with Crippen LogP contribution in [0, 0.1) is 0 Å². The van der Waals surface area contributed by atoms with Crippen LogP contribution in [0.3, 0.4) is 0 Å². The van der Waals surface area contributed by atoms with Crippen molar-refractivity contribution in [2.24, 2.45) is 0 Å². The average Bonchev–Trinajstić information content (AvgIpc) is 0.797. The summed E-state index contributed by atoms with van der Waals surface area (Å²) in [4.78, 5) is 21.7. The molecule has 0 unspecified atom stereocenters. The highest BCUT2D eigenvalue weighted by atomic mass is 28.6. The Bertz CT molecular complexity index is 3390. The van der Waals surface area contributed by atoms with Gasteiger partial charge in [-0.1, -0.05) is 77.1 Å². The molecule has 0 saturated heterocycles. The molecule has 59 heteroatoms. The lowest BCUT2D eigenvalue weighted by Crippen LogP contribution is -2.63. The van der Waals surface area contributed by atoms with Crippen LogP contribution in [0.1, 0.15) is 64.7 Å². The van der Waals surface area contributed by atoms with Crippen molar-refractivity contribution in [3.63, 3.8) is 0 Å². The molecule has 0 aromatic heterocycles. The van der Waals surface area contributed by atoms with E-state index in [-0.39, 0.29) is 15.4 Å². The predicted molar refractivity (Wildman–Crippen MR) is 632 cm³/mol. The monoisotopic (exact) mass is 2460 g/mol. The van der Waals surface area contributed by atoms with Gasteiger partial charge in [-0.3, -0.25) is 0 Å². The molecule has 1 N–H and O–H groups in total. The summed E-state index contributed by atoms with van der Waals surface area (Å²) < 4.78 is 213. The molecule has 36 nitrogen and oxygen atoms in total. The number of hydrogen-bond donors (Lipinski definition) is 1. The van der Waals surface area contributed by atoms with E-state index in [0.29, 0.717) is 158 Å². The van der Waals surface area contributed by atoms with Crippen LogP contribution in [0.5, 0.6) is 0 Å². The summed E-state index contributed by atoms with van der Waals surface area (Å²) >= 11 is 0. The predicted octanol–water partition coefficient (Wildman–Crippen LogP) is 20.4. The Morgan fingerprint density at radius 2 is 0.326 bits per heavy atom. The van der Waals surface area contributed by atoms with E-state index in [0.717, 1.165) is 13.0 Å². The van der Waals surface area contributed by atoms with Crippen molar-refractivity contribution in [1.82, 2.24) is 0 Å². The van der Waals surface area contributed by atoms with Gasteiger partial charge in [0.15, 0.2) is 9.04 Å². The van der Waals surface area contributed by atoms with E-state index in [1.807, 2.05) is 131 Å². The van der Waals surface area contributed by atoms with Gasteiger partial charge in [0.1, 0.15) is 6.61 Å². The second-order valence-electron chi connectivity index (χ2n) is 46.3. The third-order valence-electron chi connectivity index (χ3n) is 18.3. The first kappa shape index (κ1) is 149. The molecule has 144 heavy (non-hydrogen) atoms. The summed E-state index contributed by atoms with van der Waals surface area (Å²) in [6.45, 7) is 112. The summed E-state index contributed by atoms with van der Waals surface area (Å²) in [6, 6.07) is 1.52. The highest BCUT2D eigenvalue weighted by Crippen LogP contribution is 2.36. The summed E-state index contributed by atoms with van der Waals surface area (Å²) in [6.07, 6.45) is 12.2. The highest BCUT2D eigenvalue weighted by Gasteiger charge is 2.56. The summed E-state index contributed by atoms with van der Waals surface area (Å²) in [5, 5.41) is 0. The molecule has 0 saturated carbocycles. The number of esters is 1. The number of rotatable bonds is 91. The molecule has 0 aromatic rings. The van der Waals surface area contributed by atoms with Crippen LogP contribution in [-0.2, 0) is 153 Å². The van der Waals surface area contributed by atoms with Crippen molar-refractivity contribution in [3.8, 4) is 0 Å². The highest BCUT2D eigenvalue weighted by molar-refractivity contribution is 6.96. The van der Waals surface area contributed by atoms with Crippen molar-refractivity contribution in [2.45, 2.75) is 372 Å². The molecule has 0 aliphatic heterocycles. The van der Waals surface area contributed by atoms with Crippen molar-refractivity contribution < 1.29 is 158 Å². The molecule has 0 amide bonds. The van der Waals surface area contributed by atoms with Crippen LogP contribution in [0.4, 0.5) is 0 Å². The van der Waals surface area contributed by atoms with E-state index < -0.39 is 195 Å². The maximum absolute atomic E-state index is 11.2. The van der Waals surface area contributed by atoms with Crippen LogP contribution < -0.4 is 0 Å². The first-order valence-corrected chi connectivity index (χ1v) is 117. The van der Waals surface area contributed by atoms with Gasteiger partial charge < -0.3 is 153 Å². The zero-order valence-corrected chi connectivity index (χ0v) is 123. The number of carbonyl (C=O) groups excluding carboxylic acids is 1. The maximum Gasteiger partial charge on any atom is 0.333 e. The first-order valence-electron chi connectivity index (χ1n) is 52.3. The standard InChI is InChI=1S/C44H134O22Si22.C41H82O14Si/c1-67(2)46-69(5,6)48-71(9,10)50-73(13,14)52-75(17,18)54-77(21,22)56-79(25,26)58-81(29,30)60-83(33,34)62-85(37,38)64-87(41,42)66-88(43,44)65-86(39,40)63-84(35,36)61-82(31,32)59-80(27,28)57-78(23,24)55-76(19,20)53-74(15,16)51-72(11,12)49-70(7,8)47-68(3,4)45;1-40(2)41(42)55-38-37-54-36-35-53-34-33-52-32-31-51-30-29-50-28-27-49-26-25-48-24-23-47-22-21-46-20-19-45-18-17-44-16-15-43-14-12-10-8-6-5-7-9-11-13-39-56(3)4/h45,67H,1-44H3;56H,1,5-39H2,2-4H3. The Balaban J connectivity index is 0. The van der Waals surface area contributed by atoms with Crippen LogP contribution in [0.15, 0.2) is 12.2 Å². The Morgan fingerprint density at radius 3 is 0.472 bits per heavy atom. The smallest absolute Gasteiger partial charge is 0.333 e. The van der Waals surface area contributed by atoms with Crippen LogP contribution >= 0.6 is 0 Å². The van der Waals surface area contributed by atoms with Crippen LogP contribution in [0.25, 0.3) is 0 Å². The van der Waals surface area contributed by atoms with Gasteiger partial charge in [-0.05, 0) is 301 Å². The molecule has 0 heterocycles. The van der Waals surface area contributed by atoms with Gasteiger partial charge in [0.05, 0.1) is 152 Å². The van der Waals surface area contributed by atoms with Crippen LogP contribution in [0.2, 0.25) is 307 Å². The second kappa shape index (κ2) is 69.5. The third kappa shape index (κ3) is 89.6. The SMILES string of the molecule is C=C(C)C(=O)OCCOCCOCCOCCOCCOCCOCCOCCOCCOCCOCCOCCOCCCCCCCCCCC[SiH](C)C.C[SiH](C)O[Si](C)(C)O[Si](C)(C)O[Si](C)(C)O[Si](C)(C)O[Si](C)(C)O[Si](C)(C)O[Si](C)(C)O[Si](C)(C)O[Si](C)(C)O[Si](C)(C)O[Si](C)(C)O[Si](C)(C)O[Si](C)(C)O[Si](C)(C)O[Si](C)(C)O[Si](C)(C)O[Si](C)(C)O[Si](C)(C)O[Si](C)(C)O[Si](C)(C)O[Si](C)(C)O. The molecule has 0 bridgehead atoms. The Hall–Kier alpha value is 2.84. The minimum absolute atomic E-state index is 0.199. The number of unbranched alkanes of at least 4 members (excludes halogenated alkanes) is 8. The van der Waals surface area contributed by atoms with E-state index in [1.54, 1.807) is 20.0 Å². The first-order chi connectivity index (χ1) is 65.1. The van der Waals surface area contributed by atoms with Gasteiger partial charge in [-0.15, -0.1) is 0 Å². The van der Waals surface area contributed by atoms with Crippen molar-refractivity contribution in [2.75, 3.05) is 165 Å². The molecule has 0 aromatic carbocycles. The largest absolute Gasteiger partial charge is 0.460 e. The zero-order valence-electron chi connectivity index (χ0n) is 99.8. The topological polar surface area (TPSA) is 351 Å². The Kier molecular flexibility index (Phi) is 71.8. The van der Waals surface area contributed by atoms with Crippen molar-refractivity contribution in [1.29, 1.82) is 0 Å². The molecular formula is C85H216O36Si23. The Morgan fingerprint density at radius 1 is 0.194 bits per heavy atom. The van der Waals surface area contributed by atoms with E-state index in [2.05, 4.69) is 164 Å². The summed E-state index contributed by atoms with van der Waals surface area (Å²) in [5.74, 6) is -0.412. The normalized spacial score (nSPS) is 14.4. The lowest BCUT2D eigenvalue weighted by molar-refractivity contribution is -0.140. The summed E-state index contributed by atoms with van der Waals surface area (Å²) in [7, 11) is -60.1. The molecule has 0 radical (unpaired) electrons.